The maximum Gasteiger partial charge on any atom is 0.121 e. The molecule has 3 aromatic rings. The zero-order chi connectivity index (χ0) is 13.1. The largest absolute Gasteiger partial charge is 0.341 e. The molecule has 0 spiro atoms. The van der Waals surface area contributed by atoms with Gasteiger partial charge in [0.2, 0.25) is 0 Å². The van der Waals surface area contributed by atoms with Crippen molar-refractivity contribution >= 4 is 27.0 Å². The summed E-state index contributed by atoms with van der Waals surface area (Å²) in [6, 6.07) is 12.0. The van der Waals surface area contributed by atoms with Crippen LogP contribution in [0.15, 0.2) is 47.1 Å². The van der Waals surface area contributed by atoms with E-state index in [1.807, 2.05) is 36.4 Å². The minimum atomic E-state index is 0.701. The van der Waals surface area contributed by atoms with E-state index in [1.165, 1.54) is 0 Å². The van der Waals surface area contributed by atoms with E-state index < -0.39 is 0 Å². The minimum absolute atomic E-state index is 0.701. The van der Waals surface area contributed by atoms with Crippen molar-refractivity contribution in [3.05, 3.63) is 58.6 Å². The van der Waals surface area contributed by atoms with E-state index in [-0.39, 0.29) is 0 Å². The first-order valence-corrected chi connectivity index (χ1v) is 6.85. The maximum atomic E-state index is 4.51. The molecule has 2 aromatic heterocycles. The summed E-state index contributed by atoms with van der Waals surface area (Å²) in [6.45, 7) is 1.43. The average molecular weight is 317 g/mol. The van der Waals surface area contributed by atoms with Gasteiger partial charge >= 0.3 is 0 Å². The fourth-order valence-corrected chi connectivity index (χ4v) is 2.14. The lowest BCUT2D eigenvalue weighted by Crippen LogP contribution is -2.14. The number of imidazole rings is 1. The predicted molar refractivity (Wildman–Crippen MR) is 78.6 cm³/mol. The van der Waals surface area contributed by atoms with Crippen LogP contribution in [0.3, 0.4) is 0 Å². The first-order chi connectivity index (χ1) is 9.31. The number of fused-ring (bicyclic) bond motifs is 1. The van der Waals surface area contributed by atoms with E-state index in [4.69, 9.17) is 0 Å². The van der Waals surface area contributed by atoms with Gasteiger partial charge in [-0.25, -0.2) is 4.98 Å². The second-order valence-electron chi connectivity index (χ2n) is 4.27. The van der Waals surface area contributed by atoms with Crippen LogP contribution in [0, 0.1) is 0 Å². The summed E-state index contributed by atoms with van der Waals surface area (Å²) in [5.41, 5.74) is 3.08. The van der Waals surface area contributed by atoms with Crippen molar-refractivity contribution in [3.8, 4) is 0 Å². The van der Waals surface area contributed by atoms with Crippen LogP contribution in [-0.4, -0.2) is 15.0 Å². The quantitative estimate of drug-likeness (QED) is 0.778. The van der Waals surface area contributed by atoms with Crippen molar-refractivity contribution in [2.75, 3.05) is 0 Å². The van der Waals surface area contributed by atoms with Crippen LogP contribution in [0.4, 0.5) is 0 Å². The van der Waals surface area contributed by atoms with Crippen molar-refractivity contribution in [2.24, 2.45) is 0 Å². The number of hydrogen-bond acceptors (Lipinski definition) is 3. The second-order valence-corrected chi connectivity index (χ2v) is 5.19. The van der Waals surface area contributed by atoms with Crippen LogP contribution in [0.1, 0.15) is 11.5 Å². The number of rotatable bonds is 4. The molecule has 0 radical (unpaired) electrons. The number of benzene rings is 1. The van der Waals surface area contributed by atoms with Gasteiger partial charge < -0.3 is 10.3 Å². The molecule has 0 aliphatic heterocycles. The molecule has 0 saturated carbocycles. The van der Waals surface area contributed by atoms with Gasteiger partial charge in [0, 0.05) is 17.2 Å². The van der Waals surface area contributed by atoms with Gasteiger partial charge in [0.05, 0.1) is 23.3 Å². The van der Waals surface area contributed by atoms with E-state index >= 15 is 0 Å². The van der Waals surface area contributed by atoms with E-state index in [2.05, 4.69) is 36.2 Å². The minimum Gasteiger partial charge on any atom is -0.341 e. The fraction of sp³-hybridized carbons (Fsp3) is 0.143. The molecule has 0 aliphatic carbocycles. The Labute approximate surface area is 119 Å². The summed E-state index contributed by atoms with van der Waals surface area (Å²) < 4.78 is 0.994. The van der Waals surface area contributed by atoms with Gasteiger partial charge in [0.25, 0.3) is 0 Å². The zero-order valence-corrected chi connectivity index (χ0v) is 11.8. The third-order valence-corrected chi connectivity index (χ3v) is 3.29. The van der Waals surface area contributed by atoms with Crippen LogP contribution < -0.4 is 5.32 Å². The van der Waals surface area contributed by atoms with Gasteiger partial charge in [-0.15, -0.1) is 0 Å². The Morgan fingerprint density at radius 2 is 2.00 bits per heavy atom. The summed E-state index contributed by atoms with van der Waals surface area (Å²) in [5, 5.41) is 3.33. The monoisotopic (exact) mass is 316 g/mol. The molecule has 0 aliphatic rings. The Bertz CT molecular complexity index is 642. The number of aromatic nitrogens is 3. The van der Waals surface area contributed by atoms with Crippen molar-refractivity contribution in [1.29, 1.82) is 0 Å². The molecule has 0 bridgehead atoms. The van der Waals surface area contributed by atoms with Crippen molar-refractivity contribution < 1.29 is 0 Å². The predicted octanol–water partition coefficient (Wildman–Crippen LogP) is 3.01. The Morgan fingerprint density at radius 3 is 2.79 bits per heavy atom. The summed E-state index contributed by atoms with van der Waals surface area (Å²) >= 11 is 3.37. The van der Waals surface area contributed by atoms with E-state index in [0.29, 0.717) is 6.54 Å². The van der Waals surface area contributed by atoms with Crippen LogP contribution in [0.2, 0.25) is 0 Å². The summed E-state index contributed by atoms with van der Waals surface area (Å²) in [4.78, 5) is 12.1. The summed E-state index contributed by atoms with van der Waals surface area (Å²) in [5.74, 6) is 0.943. The maximum absolute atomic E-state index is 4.51. The zero-order valence-electron chi connectivity index (χ0n) is 10.2. The van der Waals surface area contributed by atoms with Crippen molar-refractivity contribution in [1.82, 2.24) is 20.3 Å². The molecule has 0 saturated heterocycles. The van der Waals surface area contributed by atoms with Crippen LogP contribution in [-0.2, 0) is 13.1 Å². The third kappa shape index (κ3) is 3.00. The van der Waals surface area contributed by atoms with Crippen LogP contribution in [0.25, 0.3) is 11.0 Å². The molecule has 0 amide bonds. The van der Waals surface area contributed by atoms with Gasteiger partial charge in [0.15, 0.2) is 0 Å². The highest BCUT2D eigenvalue weighted by molar-refractivity contribution is 9.10. The standard InChI is InChI=1S/C14H13BrN4/c15-10-5-6-11(17-7-10)8-16-9-14-18-12-3-1-2-4-13(12)19-14/h1-7,16H,8-9H2,(H,18,19). The van der Waals surface area contributed by atoms with Gasteiger partial charge in [-0.1, -0.05) is 12.1 Å². The topological polar surface area (TPSA) is 53.6 Å². The molecule has 4 nitrogen and oxygen atoms in total. The Hall–Kier alpha value is -1.72. The second kappa shape index (κ2) is 5.50. The molecule has 0 unspecified atom stereocenters. The lowest BCUT2D eigenvalue weighted by atomic mass is 10.3. The molecular formula is C14H13BrN4. The molecule has 2 N–H and O–H groups in total. The molecule has 96 valence electrons. The Balaban J connectivity index is 1.61. The SMILES string of the molecule is Brc1ccc(CNCc2nc3ccccc3[nH]2)nc1. The van der Waals surface area contributed by atoms with E-state index in [1.54, 1.807) is 6.20 Å². The smallest absolute Gasteiger partial charge is 0.121 e. The van der Waals surface area contributed by atoms with E-state index in [0.717, 1.165) is 33.6 Å². The number of para-hydroxylation sites is 2. The number of H-pyrrole nitrogens is 1. The van der Waals surface area contributed by atoms with Gasteiger partial charge in [-0.2, -0.15) is 0 Å². The highest BCUT2D eigenvalue weighted by Crippen LogP contribution is 2.10. The fourth-order valence-electron chi connectivity index (χ4n) is 1.91. The summed E-state index contributed by atoms with van der Waals surface area (Å²) in [6.07, 6.45) is 1.80. The van der Waals surface area contributed by atoms with Crippen LogP contribution >= 0.6 is 15.9 Å². The number of nitrogens with one attached hydrogen (secondary N) is 2. The molecule has 3 rings (SSSR count). The van der Waals surface area contributed by atoms with Gasteiger partial charge in [-0.3, -0.25) is 4.98 Å². The lowest BCUT2D eigenvalue weighted by molar-refractivity contribution is 0.659. The van der Waals surface area contributed by atoms with Crippen LogP contribution in [0.5, 0.6) is 0 Å². The number of hydrogen-bond donors (Lipinski definition) is 2. The van der Waals surface area contributed by atoms with Crippen molar-refractivity contribution in [3.63, 3.8) is 0 Å². The van der Waals surface area contributed by atoms with Crippen molar-refractivity contribution in [2.45, 2.75) is 13.1 Å². The highest BCUT2D eigenvalue weighted by atomic mass is 79.9. The number of nitrogens with zero attached hydrogens (tertiary/aromatic N) is 2. The first-order valence-electron chi connectivity index (χ1n) is 6.06. The first kappa shape index (κ1) is 12.3. The number of pyridine rings is 1. The molecule has 19 heavy (non-hydrogen) atoms. The lowest BCUT2D eigenvalue weighted by Gasteiger charge is -2.02. The molecule has 5 heteroatoms. The third-order valence-electron chi connectivity index (χ3n) is 2.83. The molecule has 2 heterocycles. The van der Waals surface area contributed by atoms with Gasteiger partial charge in [-0.05, 0) is 40.2 Å². The molecule has 1 aromatic carbocycles. The highest BCUT2D eigenvalue weighted by Gasteiger charge is 2.01. The number of halogens is 1. The molecule has 0 atom stereocenters. The van der Waals surface area contributed by atoms with E-state index in [9.17, 15) is 0 Å². The Morgan fingerprint density at radius 1 is 1.11 bits per heavy atom. The molecular weight excluding hydrogens is 304 g/mol. The number of aromatic amines is 1. The Kier molecular flexibility index (Phi) is 3.57. The average Bonchev–Trinajstić information content (AvgIpc) is 2.83. The molecule has 0 fully saturated rings. The normalized spacial score (nSPS) is 11.0. The van der Waals surface area contributed by atoms with Gasteiger partial charge in [0.1, 0.15) is 5.82 Å². The summed E-state index contributed by atoms with van der Waals surface area (Å²) in [7, 11) is 0.